The molecule has 0 saturated heterocycles. The molecule has 0 fully saturated rings. The number of hydrogen-bond acceptors (Lipinski definition) is 2. The van der Waals surface area contributed by atoms with Gasteiger partial charge in [-0.15, -0.1) is 0 Å². The van der Waals surface area contributed by atoms with E-state index in [0.717, 1.165) is 30.2 Å². The zero-order chi connectivity index (χ0) is 15.1. The van der Waals surface area contributed by atoms with Crippen LogP contribution in [0.3, 0.4) is 0 Å². The van der Waals surface area contributed by atoms with Crippen LogP contribution in [-0.4, -0.2) is 19.7 Å². The molecule has 0 amide bonds. The summed E-state index contributed by atoms with van der Waals surface area (Å²) < 4.78 is 5.17. The van der Waals surface area contributed by atoms with E-state index in [2.05, 4.69) is 36.5 Å². The largest absolute Gasteiger partial charge is 0.497 e. The Balaban J connectivity index is 1.73. The van der Waals surface area contributed by atoms with Gasteiger partial charge in [-0.1, -0.05) is 35.9 Å². The second-order valence-electron chi connectivity index (χ2n) is 5.28. The molecule has 2 nitrogen and oxygen atoms in total. The minimum atomic E-state index is 0.450. The summed E-state index contributed by atoms with van der Waals surface area (Å²) in [5.41, 5.74) is 2.63. The van der Waals surface area contributed by atoms with Gasteiger partial charge in [-0.3, -0.25) is 0 Å². The number of benzene rings is 2. The van der Waals surface area contributed by atoms with E-state index in [1.165, 1.54) is 11.1 Å². The minimum absolute atomic E-state index is 0.450. The molecule has 0 aliphatic rings. The van der Waals surface area contributed by atoms with Crippen molar-refractivity contribution in [2.45, 2.75) is 25.8 Å². The highest BCUT2D eigenvalue weighted by Gasteiger charge is 2.03. The Hall–Kier alpha value is -1.51. The SMILES string of the molecule is COc1ccc(CC(C)NCCc2ccc(Cl)cc2)cc1. The van der Waals surface area contributed by atoms with Crippen LogP contribution in [0.4, 0.5) is 0 Å². The van der Waals surface area contributed by atoms with Crippen LogP contribution in [0.1, 0.15) is 18.1 Å². The predicted molar refractivity (Wildman–Crippen MR) is 89.3 cm³/mol. The number of nitrogens with one attached hydrogen (secondary N) is 1. The molecule has 3 heteroatoms. The lowest BCUT2D eigenvalue weighted by Crippen LogP contribution is -2.29. The highest BCUT2D eigenvalue weighted by molar-refractivity contribution is 6.30. The molecule has 0 radical (unpaired) electrons. The first-order valence-corrected chi connectivity index (χ1v) is 7.66. The lowest BCUT2D eigenvalue weighted by Gasteiger charge is -2.14. The molecule has 1 unspecified atom stereocenters. The van der Waals surface area contributed by atoms with Crippen LogP contribution in [0, 0.1) is 0 Å². The third-order valence-electron chi connectivity index (χ3n) is 3.52. The van der Waals surface area contributed by atoms with E-state index >= 15 is 0 Å². The Labute approximate surface area is 132 Å². The maximum atomic E-state index is 5.88. The summed E-state index contributed by atoms with van der Waals surface area (Å²) in [6, 6.07) is 16.8. The Morgan fingerprint density at radius 3 is 2.24 bits per heavy atom. The van der Waals surface area contributed by atoms with Crippen LogP contribution in [0.2, 0.25) is 5.02 Å². The molecular weight excluding hydrogens is 282 g/mol. The molecule has 0 heterocycles. The highest BCUT2D eigenvalue weighted by atomic mass is 35.5. The molecule has 112 valence electrons. The number of hydrogen-bond donors (Lipinski definition) is 1. The summed E-state index contributed by atoms with van der Waals surface area (Å²) in [7, 11) is 1.69. The fourth-order valence-electron chi connectivity index (χ4n) is 2.30. The van der Waals surface area contributed by atoms with E-state index in [1.807, 2.05) is 24.3 Å². The second kappa shape index (κ2) is 8.06. The lowest BCUT2D eigenvalue weighted by molar-refractivity contribution is 0.414. The summed E-state index contributed by atoms with van der Waals surface area (Å²) in [6.07, 6.45) is 2.04. The molecular formula is C18H22ClNO. The van der Waals surface area contributed by atoms with Gasteiger partial charge in [0.25, 0.3) is 0 Å². The number of rotatable bonds is 7. The predicted octanol–water partition coefficient (Wildman–Crippen LogP) is 4.11. The molecule has 0 aromatic heterocycles. The summed E-state index contributed by atoms with van der Waals surface area (Å²) in [6.45, 7) is 3.19. The van der Waals surface area contributed by atoms with Gasteiger partial charge in [-0.2, -0.15) is 0 Å². The molecule has 1 atom stereocenters. The van der Waals surface area contributed by atoms with Crippen molar-refractivity contribution in [1.29, 1.82) is 0 Å². The van der Waals surface area contributed by atoms with Crippen molar-refractivity contribution in [3.05, 3.63) is 64.7 Å². The van der Waals surface area contributed by atoms with Gasteiger partial charge in [0.2, 0.25) is 0 Å². The molecule has 2 aromatic rings. The average Bonchev–Trinajstić information content (AvgIpc) is 2.50. The van der Waals surface area contributed by atoms with Crippen LogP contribution >= 0.6 is 11.6 Å². The third-order valence-corrected chi connectivity index (χ3v) is 3.77. The Bertz CT molecular complexity index is 536. The normalized spacial score (nSPS) is 12.1. The zero-order valence-corrected chi connectivity index (χ0v) is 13.4. The van der Waals surface area contributed by atoms with Crippen LogP contribution in [0.15, 0.2) is 48.5 Å². The van der Waals surface area contributed by atoms with Gasteiger partial charge in [0.1, 0.15) is 5.75 Å². The molecule has 0 aliphatic carbocycles. The standard InChI is InChI=1S/C18H22ClNO/c1-14(13-16-5-9-18(21-2)10-6-16)20-12-11-15-3-7-17(19)8-4-15/h3-10,14,20H,11-13H2,1-2H3. The van der Waals surface area contributed by atoms with E-state index in [4.69, 9.17) is 16.3 Å². The molecule has 0 spiro atoms. The summed E-state index contributed by atoms with van der Waals surface area (Å²) in [4.78, 5) is 0. The van der Waals surface area contributed by atoms with Crippen molar-refractivity contribution in [3.8, 4) is 5.75 Å². The topological polar surface area (TPSA) is 21.3 Å². The zero-order valence-electron chi connectivity index (χ0n) is 12.6. The fraction of sp³-hybridized carbons (Fsp3) is 0.333. The molecule has 0 bridgehead atoms. The first kappa shape index (κ1) is 15.9. The van der Waals surface area contributed by atoms with E-state index < -0.39 is 0 Å². The van der Waals surface area contributed by atoms with E-state index in [1.54, 1.807) is 7.11 Å². The number of methoxy groups -OCH3 is 1. The monoisotopic (exact) mass is 303 g/mol. The Morgan fingerprint density at radius 1 is 1.00 bits per heavy atom. The van der Waals surface area contributed by atoms with Crippen molar-refractivity contribution in [2.24, 2.45) is 0 Å². The van der Waals surface area contributed by atoms with Crippen molar-refractivity contribution in [1.82, 2.24) is 5.32 Å². The van der Waals surface area contributed by atoms with E-state index in [0.29, 0.717) is 6.04 Å². The maximum Gasteiger partial charge on any atom is 0.118 e. The molecule has 2 rings (SSSR count). The van der Waals surface area contributed by atoms with Crippen LogP contribution < -0.4 is 10.1 Å². The Morgan fingerprint density at radius 2 is 1.62 bits per heavy atom. The average molecular weight is 304 g/mol. The van der Waals surface area contributed by atoms with Crippen molar-refractivity contribution >= 4 is 11.6 Å². The van der Waals surface area contributed by atoms with Gasteiger partial charge < -0.3 is 10.1 Å². The van der Waals surface area contributed by atoms with E-state index in [-0.39, 0.29) is 0 Å². The van der Waals surface area contributed by atoms with Gasteiger partial charge in [0, 0.05) is 11.1 Å². The van der Waals surface area contributed by atoms with Crippen molar-refractivity contribution < 1.29 is 4.74 Å². The Kier molecular flexibility index (Phi) is 6.09. The van der Waals surface area contributed by atoms with Crippen molar-refractivity contribution in [3.63, 3.8) is 0 Å². The molecule has 0 aliphatic heterocycles. The summed E-state index contributed by atoms with van der Waals surface area (Å²) in [5, 5.41) is 4.35. The summed E-state index contributed by atoms with van der Waals surface area (Å²) >= 11 is 5.88. The summed E-state index contributed by atoms with van der Waals surface area (Å²) in [5.74, 6) is 0.905. The van der Waals surface area contributed by atoms with Crippen LogP contribution in [0.25, 0.3) is 0 Å². The third kappa shape index (κ3) is 5.41. The van der Waals surface area contributed by atoms with Crippen molar-refractivity contribution in [2.75, 3.05) is 13.7 Å². The molecule has 2 aromatic carbocycles. The van der Waals surface area contributed by atoms with Crippen LogP contribution in [-0.2, 0) is 12.8 Å². The first-order valence-electron chi connectivity index (χ1n) is 7.28. The smallest absolute Gasteiger partial charge is 0.118 e. The second-order valence-corrected chi connectivity index (χ2v) is 5.72. The number of ether oxygens (including phenoxy) is 1. The van der Waals surface area contributed by atoms with Gasteiger partial charge in [-0.25, -0.2) is 0 Å². The molecule has 1 N–H and O–H groups in total. The highest BCUT2D eigenvalue weighted by Crippen LogP contribution is 2.13. The fourth-order valence-corrected chi connectivity index (χ4v) is 2.43. The number of halogens is 1. The first-order chi connectivity index (χ1) is 10.2. The van der Waals surface area contributed by atoms with Gasteiger partial charge in [0.05, 0.1) is 7.11 Å². The lowest BCUT2D eigenvalue weighted by atomic mass is 10.1. The van der Waals surface area contributed by atoms with Gasteiger partial charge >= 0.3 is 0 Å². The minimum Gasteiger partial charge on any atom is -0.497 e. The van der Waals surface area contributed by atoms with E-state index in [9.17, 15) is 0 Å². The quantitative estimate of drug-likeness (QED) is 0.831. The van der Waals surface area contributed by atoms with Gasteiger partial charge in [0.15, 0.2) is 0 Å². The van der Waals surface area contributed by atoms with Gasteiger partial charge in [-0.05, 0) is 61.7 Å². The maximum absolute atomic E-state index is 5.88. The molecule has 21 heavy (non-hydrogen) atoms. The van der Waals surface area contributed by atoms with Crippen LogP contribution in [0.5, 0.6) is 5.75 Å². The molecule has 0 saturated carbocycles.